The molecule has 1 aliphatic rings. The van der Waals surface area contributed by atoms with Crippen LogP contribution in [0.15, 0.2) is 12.2 Å². The Kier molecular flexibility index (Phi) is 4.46. The summed E-state index contributed by atoms with van der Waals surface area (Å²) < 4.78 is 5.78. The summed E-state index contributed by atoms with van der Waals surface area (Å²) in [6.45, 7) is 7.53. The molecular weight excluding hydrogens is 162 g/mol. The van der Waals surface area contributed by atoms with Crippen LogP contribution < -0.4 is 5.73 Å². The van der Waals surface area contributed by atoms with E-state index in [1.165, 1.54) is 24.8 Å². The van der Waals surface area contributed by atoms with Gasteiger partial charge in [-0.25, -0.2) is 0 Å². The minimum absolute atomic E-state index is 0.397. The van der Waals surface area contributed by atoms with Crippen LogP contribution in [-0.2, 0) is 4.74 Å². The molecule has 76 valence electrons. The largest absolute Gasteiger partial charge is 0.374 e. The Labute approximate surface area is 81.1 Å². The number of nitrogens with two attached hydrogens (primary N) is 1. The van der Waals surface area contributed by atoms with Gasteiger partial charge in [-0.3, -0.25) is 0 Å². The van der Waals surface area contributed by atoms with Crippen LogP contribution in [0.2, 0.25) is 0 Å². The molecule has 0 heterocycles. The lowest BCUT2D eigenvalue weighted by Gasteiger charge is -2.18. The number of rotatable bonds is 5. The Morgan fingerprint density at radius 1 is 1.54 bits per heavy atom. The maximum atomic E-state index is 5.78. The first-order valence-corrected chi connectivity index (χ1v) is 5.26. The topological polar surface area (TPSA) is 35.2 Å². The molecule has 0 amide bonds. The number of hydrogen-bond acceptors (Lipinski definition) is 2. The molecule has 0 aliphatic heterocycles. The molecule has 13 heavy (non-hydrogen) atoms. The van der Waals surface area contributed by atoms with E-state index in [1.807, 2.05) is 0 Å². The predicted octanol–water partition coefficient (Wildman–Crippen LogP) is 2.10. The molecule has 2 nitrogen and oxygen atoms in total. The predicted molar refractivity (Wildman–Crippen MR) is 55.6 cm³/mol. The Morgan fingerprint density at radius 2 is 2.31 bits per heavy atom. The van der Waals surface area contributed by atoms with Gasteiger partial charge in [0.1, 0.15) is 0 Å². The van der Waals surface area contributed by atoms with Crippen molar-refractivity contribution in [2.24, 2.45) is 11.7 Å². The van der Waals surface area contributed by atoms with E-state index in [1.54, 1.807) is 0 Å². The van der Waals surface area contributed by atoms with Gasteiger partial charge in [0, 0.05) is 0 Å². The summed E-state index contributed by atoms with van der Waals surface area (Å²) in [4.78, 5) is 0. The molecular formula is C11H21NO. The van der Waals surface area contributed by atoms with Crippen LogP contribution in [0.1, 0.15) is 32.6 Å². The second-order valence-electron chi connectivity index (χ2n) is 3.88. The maximum absolute atomic E-state index is 5.78. The van der Waals surface area contributed by atoms with E-state index in [0.717, 1.165) is 19.6 Å². The van der Waals surface area contributed by atoms with Crippen molar-refractivity contribution in [2.75, 3.05) is 13.2 Å². The average molecular weight is 183 g/mol. The zero-order valence-electron chi connectivity index (χ0n) is 8.59. The van der Waals surface area contributed by atoms with Gasteiger partial charge in [-0.15, -0.1) is 0 Å². The van der Waals surface area contributed by atoms with Crippen LogP contribution in [0, 0.1) is 5.92 Å². The summed E-state index contributed by atoms with van der Waals surface area (Å²) in [5.41, 5.74) is 6.84. The highest BCUT2D eigenvalue weighted by molar-refractivity contribution is 4.93. The van der Waals surface area contributed by atoms with Crippen LogP contribution in [-0.4, -0.2) is 19.3 Å². The lowest BCUT2D eigenvalue weighted by molar-refractivity contribution is 0.0440. The second-order valence-corrected chi connectivity index (χ2v) is 3.88. The highest BCUT2D eigenvalue weighted by atomic mass is 16.5. The quantitative estimate of drug-likeness (QED) is 0.662. The molecule has 0 aromatic carbocycles. The lowest BCUT2D eigenvalue weighted by atomic mass is 10.1. The molecule has 1 rings (SSSR count). The Morgan fingerprint density at radius 3 is 2.92 bits per heavy atom. The van der Waals surface area contributed by atoms with Gasteiger partial charge in [0.05, 0.1) is 12.7 Å². The van der Waals surface area contributed by atoms with Crippen LogP contribution in [0.3, 0.4) is 0 Å². The molecule has 1 fully saturated rings. The third-order valence-electron chi connectivity index (χ3n) is 2.89. The Hall–Kier alpha value is -0.340. The molecule has 2 heteroatoms. The van der Waals surface area contributed by atoms with Crippen molar-refractivity contribution in [1.82, 2.24) is 0 Å². The average Bonchev–Trinajstić information content (AvgIpc) is 2.61. The molecule has 1 aliphatic carbocycles. The van der Waals surface area contributed by atoms with Crippen molar-refractivity contribution in [3.05, 3.63) is 12.2 Å². The molecule has 2 atom stereocenters. The third-order valence-corrected chi connectivity index (χ3v) is 2.89. The fourth-order valence-electron chi connectivity index (χ4n) is 1.82. The minimum atomic E-state index is 0.397. The smallest absolute Gasteiger partial charge is 0.0677 e. The molecule has 0 spiro atoms. The van der Waals surface area contributed by atoms with Gasteiger partial charge in [-0.05, 0) is 31.7 Å². The molecule has 0 saturated heterocycles. The van der Waals surface area contributed by atoms with Crippen molar-refractivity contribution >= 4 is 0 Å². The fourth-order valence-corrected chi connectivity index (χ4v) is 1.82. The van der Waals surface area contributed by atoms with Crippen molar-refractivity contribution in [3.63, 3.8) is 0 Å². The zero-order valence-corrected chi connectivity index (χ0v) is 8.59. The van der Waals surface area contributed by atoms with Crippen molar-refractivity contribution in [1.29, 1.82) is 0 Å². The van der Waals surface area contributed by atoms with Gasteiger partial charge >= 0.3 is 0 Å². The highest BCUT2D eigenvalue weighted by Gasteiger charge is 2.26. The van der Waals surface area contributed by atoms with Crippen molar-refractivity contribution in [2.45, 2.75) is 38.7 Å². The fraction of sp³-hybridized carbons (Fsp3) is 0.818. The van der Waals surface area contributed by atoms with E-state index in [9.17, 15) is 0 Å². The van der Waals surface area contributed by atoms with E-state index in [0.29, 0.717) is 12.0 Å². The number of ether oxygens (including phenoxy) is 1. The molecule has 2 N–H and O–H groups in total. The zero-order chi connectivity index (χ0) is 9.68. The maximum Gasteiger partial charge on any atom is 0.0677 e. The summed E-state index contributed by atoms with van der Waals surface area (Å²) in [6, 6.07) is 0. The summed E-state index contributed by atoms with van der Waals surface area (Å²) >= 11 is 0. The third kappa shape index (κ3) is 3.12. The standard InChI is InChI=1S/C11H21NO/c1-3-9(2)8-13-11-6-4-5-10(11)7-12/h10-11H,2-8,12H2,1H3. The van der Waals surface area contributed by atoms with Gasteiger partial charge in [0.2, 0.25) is 0 Å². The van der Waals surface area contributed by atoms with Crippen LogP contribution >= 0.6 is 0 Å². The SMILES string of the molecule is C=C(CC)COC1CCCC1CN. The van der Waals surface area contributed by atoms with Crippen LogP contribution in [0.5, 0.6) is 0 Å². The second kappa shape index (κ2) is 5.40. The van der Waals surface area contributed by atoms with E-state index >= 15 is 0 Å². The molecule has 0 aromatic heterocycles. The van der Waals surface area contributed by atoms with E-state index in [-0.39, 0.29) is 0 Å². The van der Waals surface area contributed by atoms with E-state index in [2.05, 4.69) is 13.5 Å². The Bertz CT molecular complexity index is 167. The van der Waals surface area contributed by atoms with Crippen LogP contribution in [0.4, 0.5) is 0 Å². The normalized spacial score (nSPS) is 27.8. The number of hydrogen-bond donors (Lipinski definition) is 1. The lowest BCUT2D eigenvalue weighted by Crippen LogP contribution is -2.25. The Balaban J connectivity index is 2.23. The first-order valence-electron chi connectivity index (χ1n) is 5.26. The molecule has 0 bridgehead atoms. The monoisotopic (exact) mass is 183 g/mol. The van der Waals surface area contributed by atoms with Crippen molar-refractivity contribution in [3.8, 4) is 0 Å². The van der Waals surface area contributed by atoms with Gasteiger partial charge in [-0.2, -0.15) is 0 Å². The summed E-state index contributed by atoms with van der Waals surface area (Å²) in [5, 5.41) is 0. The van der Waals surface area contributed by atoms with Gasteiger partial charge in [0.25, 0.3) is 0 Å². The highest BCUT2D eigenvalue weighted by Crippen LogP contribution is 2.27. The summed E-state index contributed by atoms with van der Waals surface area (Å²) in [6.07, 6.45) is 5.09. The van der Waals surface area contributed by atoms with E-state index in [4.69, 9.17) is 10.5 Å². The van der Waals surface area contributed by atoms with Crippen LogP contribution in [0.25, 0.3) is 0 Å². The molecule has 0 radical (unpaired) electrons. The first-order chi connectivity index (χ1) is 6.27. The first kappa shape index (κ1) is 10.7. The van der Waals surface area contributed by atoms with Crippen molar-refractivity contribution < 1.29 is 4.74 Å². The van der Waals surface area contributed by atoms with Gasteiger partial charge < -0.3 is 10.5 Å². The molecule has 0 aromatic rings. The summed E-state index contributed by atoms with van der Waals surface area (Å²) in [5.74, 6) is 0.588. The molecule has 2 unspecified atom stereocenters. The van der Waals surface area contributed by atoms with Gasteiger partial charge in [0.15, 0.2) is 0 Å². The molecule has 1 saturated carbocycles. The summed E-state index contributed by atoms with van der Waals surface area (Å²) in [7, 11) is 0. The minimum Gasteiger partial charge on any atom is -0.374 e. The van der Waals surface area contributed by atoms with Gasteiger partial charge in [-0.1, -0.05) is 25.5 Å². The van der Waals surface area contributed by atoms with E-state index < -0.39 is 0 Å².